The van der Waals surface area contributed by atoms with E-state index in [2.05, 4.69) is 24.9 Å². The molecule has 0 bridgehead atoms. The third kappa shape index (κ3) is 2.23. The van der Waals surface area contributed by atoms with Gasteiger partial charge in [-0.3, -0.25) is 9.78 Å². The number of pyridine rings is 1. The molecule has 1 atom stereocenters. The van der Waals surface area contributed by atoms with Crippen LogP contribution in [0.3, 0.4) is 0 Å². The summed E-state index contributed by atoms with van der Waals surface area (Å²) in [5, 5.41) is 0. The molecule has 0 spiro atoms. The zero-order chi connectivity index (χ0) is 11.5. The van der Waals surface area contributed by atoms with Gasteiger partial charge in [0.25, 0.3) is 0 Å². The number of nitrogens with zero attached hydrogens (tertiary/aromatic N) is 2. The zero-order valence-corrected chi connectivity index (χ0v) is 9.89. The monoisotopic (exact) mass is 218 g/mol. The molecule has 1 unspecified atom stereocenters. The van der Waals surface area contributed by atoms with Gasteiger partial charge in [-0.25, -0.2) is 0 Å². The minimum Gasteiger partial charge on any atom is -0.340 e. The lowest BCUT2D eigenvalue weighted by Gasteiger charge is -2.35. The molecule has 1 saturated heterocycles. The maximum Gasteiger partial charge on any atom is 0.222 e. The summed E-state index contributed by atoms with van der Waals surface area (Å²) in [6.07, 6.45) is 3.41. The molecule has 0 aromatic carbocycles. The molecule has 1 aromatic heterocycles. The van der Waals surface area contributed by atoms with Crippen molar-refractivity contribution in [3.8, 4) is 0 Å². The molecule has 1 aromatic rings. The predicted octanol–water partition coefficient (Wildman–Crippen LogP) is 2.20. The van der Waals surface area contributed by atoms with E-state index in [0.29, 0.717) is 18.4 Å². The van der Waals surface area contributed by atoms with E-state index >= 15 is 0 Å². The maximum atomic E-state index is 11.7. The van der Waals surface area contributed by atoms with E-state index in [-0.39, 0.29) is 5.91 Å². The molecule has 86 valence electrons. The zero-order valence-electron chi connectivity index (χ0n) is 9.89. The van der Waals surface area contributed by atoms with Crippen molar-refractivity contribution < 1.29 is 4.79 Å². The number of carbonyl (C=O) groups is 1. The Balaban J connectivity index is 2.12. The first-order chi connectivity index (χ1) is 7.68. The third-order valence-electron chi connectivity index (χ3n) is 3.17. The highest BCUT2D eigenvalue weighted by molar-refractivity contribution is 5.77. The van der Waals surface area contributed by atoms with Crippen LogP contribution in [-0.4, -0.2) is 28.4 Å². The summed E-state index contributed by atoms with van der Waals surface area (Å²) < 4.78 is 0. The Kier molecular flexibility index (Phi) is 3.22. The number of amides is 1. The van der Waals surface area contributed by atoms with E-state index in [1.54, 1.807) is 0 Å². The van der Waals surface area contributed by atoms with E-state index in [0.717, 1.165) is 18.7 Å². The highest BCUT2D eigenvalue weighted by Gasteiger charge is 2.28. The Morgan fingerprint density at radius 2 is 2.25 bits per heavy atom. The van der Waals surface area contributed by atoms with Crippen molar-refractivity contribution in [1.82, 2.24) is 9.88 Å². The molecule has 0 radical (unpaired) electrons. The van der Waals surface area contributed by atoms with Crippen molar-refractivity contribution in [3.05, 3.63) is 30.1 Å². The molecule has 3 nitrogen and oxygen atoms in total. The summed E-state index contributed by atoms with van der Waals surface area (Å²) in [5.41, 5.74) is 1.11. The highest BCUT2D eigenvalue weighted by Crippen LogP contribution is 2.26. The molecule has 3 heteroatoms. The lowest BCUT2D eigenvalue weighted by atomic mass is 9.93. The first-order valence-corrected chi connectivity index (χ1v) is 5.89. The Labute approximate surface area is 96.5 Å². The van der Waals surface area contributed by atoms with Gasteiger partial charge in [-0.2, -0.15) is 0 Å². The molecular formula is C13H18N2O. The summed E-state index contributed by atoms with van der Waals surface area (Å²) in [7, 11) is 0. The second-order valence-corrected chi connectivity index (χ2v) is 4.63. The molecule has 1 aliphatic rings. The van der Waals surface area contributed by atoms with Gasteiger partial charge in [-0.05, 0) is 32.4 Å². The van der Waals surface area contributed by atoms with Crippen molar-refractivity contribution in [3.63, 3.8) is 0 Å². The van der Waals surface area contributed by atoms with Crippen LogP contribution in [-0.2, 0) is 4.79 Å². The number of piperidine rings is 1. The van der Waals surface area contributed by atoms with Crippen LogP contribution in [0.2, 0.25) is 0 Å². The number of carbonyl (C=O) groups excluding carboxylic acids is 1. The molecule has 0 aliphatic carbocycles. The fourth-order valence-corrected chi connectivity index (χ4v) is 2.23. The van der Waals surface area contributed by atoms with E-state index in [1.807, 2.05) is 23.2 Å². The normalized spacial score (nSPS) is 21.6. The van der Waals surface area contributed by atoms with Crippen molar-refractivity contribution in [1.29, 1.82) is 0 Å². The van der Waals surface area contributed by atoms with Gasteiger partial charge in [0.15, 0.2) is 0 Å². The minimum atomic E-state index is 0.280. The summed E-state index contributed by atoms with van der Waals surface area (Å²) in [4.78, 5) is 18.1. The lowest BCUT2D eigenvalue weighted by Crippen LogP contribution is -2.43. The Bertz CT molecular complexity index is 361. The van der Waals surface area contributed by atoms with Crippen molar-refractivity contribution in [2.45, 2.75) is 38.6 Å². The average molecular weight is 218 g/mol. The average Bonchev–Trinajstić information content (AvgIpc) is 2.30. The Morgan fingerprint density at radius 1 is 1.44 bits per heavy atom. The maximum absolute atomic E-state index is 11.7. The van der Waals surface area contributed by atoms with Crippen LogP contribution in [0.25, 0.3) is 0 Å². The van der Waals surface area contributed by atoms with Crippen LogP contribution in [0.15, 0.2) is 24.4 Å². The van der Waals surface area contributed by atoms with Gasteiger partial charge in [0.05, 0.1) is 0 Å². The number of hydrogen-bond acceptors (Lipinski definition) is 2. The van der Waals surface area contributed by atoms with E-state index in [4.69, 9.17) is 0 Å². The van der Waals surface area contributed by atoms with Crippen molar-refractivity contribution in [2.24, 2.45) is 0 Å². The van der Waals surface area contributed by atoms with Crippen molar-refractivity contribution in [2.75, 3.05) is 6.54 Å². The van der Waals surface area contributed by atoms with Gasteiger partial charge >= 0.3 is 0 Å². The first-order valence-electron chi connectivity index (χ1n) is 5.89. The summed E-state index contributed by atoms with van der Waals surface area (Å²) in [6.45, 7) is 4.95. The molecule has 0 saturated carbocycles. The molecule has 2 heterocycles. The number of rotatable bonds is 2. The second kappa shape index (κ2) is 4.64. The van der Waals surface area contributed by atoms with Gasteiger partial charge < -0.3 is 4.90 Å². The number of hydrogen-bond donors (Lipinski definition) is 0. The van der Waals surface area contributed by atoms with Gasteiger partial charge in [0.1, 0.15) is 0 Å². The van der Waals surface area contributed by atoms with Gasteiger partial charge in [0, 0.05) is 36.8 Å². The molecular weight excluding hydrogens is 200 g/mol. The smallest absolute Gasteiger partial charge is 0.222 e. The molecule has 1 amide bonds. The fraction of sp³-hybridized carbons (Fsp3) is 0.538. The van der Waals surface area contributed by atoms with Crippen LogP contribution in [0, 0.1) is 0 Å². The van der Waals surface area contributed by atoms with Gasteiger partial charge in [-0.15, -0.1) is 0 Å². The number of aromatic nitrogens is 1. The fourth-order valence-electron chi connectivity index (χ4n) is 2.23. The lowest BCUT2D eigenvalue weighted by molar-refractivity contribution is -0.135. The summed E-state index contributed by atoms with van der Waals surface area (Å²) in [5.74, 6) is 0.684. The summed E-state index contributed by atoms with van der Waals surface area (Å²) >= 11 is 0. The van der Waals surface area contributed by atoms with Crippen molar-refractivity contribution >= 4 is 5.91 Å². The first kappa shape index (κ1) is 11.1. The molecule has 16 heavy (non-hydrogen) atoms. The molecule has 0 N–H and O–H groups in total. The topological polar surface area (TPSA) is 33.2 Å². The SMILES string of the molecule is CC(C)N1CC(c2ccccn2)CCC1=O. The van der Waals surface area contributed by atoms with E-state index in [9.17, 15) is 4.79 Å². The molecule has 1 fully saturated rings. The standard InChI is InChI=1S/C13H18N2O/c1-10(2)15-9-11(6-7-13(15)16)12-5-3-4-8-14-12/h3-5,8,10-11H,6-7,9H2,1-2H3. The van der Waals surface area contributed by atoms with Gasteiger partial charge in [-0.1, -0.05) is 6.07 Å². The summed E-state index contributed by atoms with van der Waals surface area (Å²) in [6, 6.07) is 6.29. The number of likely N-dealkylation sites (tertiary alicyclic amines) is 1. The van der Waals surface area contributed by atoms with Crippen LogP contribution in [0.1, 0.15) is 38.3 Å². The predicted molar refractivity (Wildman–Crippen MR) is 63.1 cm³/mol. The van der Waals surface area contributed by atoms with E-state index < -0.39 is 0 Å². The quantitative estimate of drug-likeness (QED) is 0.762. The Hall–Kier alpha value is -1.38. The van der Waals surface area contributed by atoms with Crippen LogP contribution >= 0.6 is 0 Å². The van der Waals surface area contributed by atoms with Gasteiger partial charge in [0.2, 0.25) is 5.91 Å². The second-order valence-electron chi connectivity index (χ2n) is 4.63. The molecule has 2 rings (SSSR count). The third-order valence-corrected chi connectivity index (χ3v) is 3.17. The van der Waals surface area contributed by atoms with Crippen LogP contribution in [0.4, 0.5) is 0 Å². The Morgan fingerprint density at radius 3 is 2.88 bits per heavy atom. The molecule has 1 aliphatic heterocycles. The minimum absolute atomic E-state index is 0.280. The van der Waals surface area contributed by atoms with Crippen LogP contribution < -0.4 is 0 Å². The largest absolute Gasteiger partial charge is 0.340 e. The van der Waals surface area contributed by atoms with Crippen LogP contribution in [0.5, 0.6) is 0 Å². The highest BCUT2D eigenvalue weighted by atomic mass is 16.2. The van der Waals surface area contributed by atoms with E-state index in [1.165, 1.54) is 0 Å².